The van der Waals surface area contributed by atoms with Gasteiger partial charge in [-0.3, -0.25) is 4.79 Å². The summed E-state index contributed by atoms with van der Waals surface area (Å²) in [6.45, 7) is 7.52. The maximum Gasteiger partial charge on any atom is 0.254 e. The molecule has 0 amide bonds. The topological polar surface area (TPSA) is 55.0 Å². The molecule has 21 heavy (non-hydrogen) atoms. The van der Waals surface area contributed by atoms with Crippen LogP contribution < -0.4 is 10.3 Å². The Bertz CT molecular complexity index is 730. The molecule has 0 atom stereocenters. The third kappa shape index (κ3) is 2.96. The number of nitrogens with zero attached hydrogens (tertiary/aromatic N) is 1. The highest BCUT2D eigenvalue weighted by atomic mass is 19.1. The van der Waals surface area contributed by atoms with Gasteiger partial charge in [-0.05, 0) is 25.1 Å². The van der Waals surface area contributed by atoms with Crippen molar-refractivity contribution in [3.63, 3.8) is 0 Å². The van der Waals surface area contributed by atoms with Crippen molar-refractivity contribution in [3.8, 4) is 17.0 Å². The highest BCUT2D eigenvalue weighted by molar-refractivity contribution is 5.69. The van der Waals surface area contributed by atoms with E-state index >= 15 is 0 Å². The van der Waals surface area contributed by atoms with Crippen LogP contribution in [0.5, 0.6) is 5.75 Å². The Labute approximate surface area is 123 Å². The number of nitrogens with one attached hydrogen (secondary N) is 1. The van der Waals surface area contributed by atoms with Gasteiger partial charge in [0.1, 0.15) is 17.4 Å². The first-order chi connectivity index (χ1) is 9.74. The maximum absolute atomic E-state index is 13.6. The molecule has 0 bridgehead atoms. The second kappa shape index (κ2) is 5.31. The van der Waals surface area contributed by atoms with Crippen LogP contribution in [0.1, 0.15) is 32.2 Å². The highest BCUT2D eigenvalue weighted by Gasteiger charge is 2.21. The normalized spacial score (nSPS) is 11.5. The van der Waals surface area contributed by atoms with E-state index < -0.39 is 5.82 Å². The Kier molecular flexibility index (Phi) is 3.85. The second-order valence-electron chi connectivity index (χ2n) is 5.98. The lowest BCUT2D eigenvalue weighted by Gasteiger charge is -2.19. The van der Waals surface area contributed by atoms with E-state index in [9.17, 15) is 9.18 Å². The Balaban J connectivity index is 2.78. The van der Waals surface area contributed by atoms with E-state index in [4.69, 9.17) is 4.74 Å². The fraction of sp³-hybridized carbons (Fsp3) is 0.375. The van der Waals surface area contributed by atoms with Crippen molar-refractivity contribution in [3.05, 3.63) is 45.8 Å². The molecule has 0 saturated carbocycles. The molecule has 1 heterocycles. The Morgan fingerprint density at radius 3 is 2.52 bits per heavy atom. The Morgan fingerprint density at radius 2 is 1.95 bits per heavy atom. The molecule has 0 radical (unpaired) electrons. The smallest absolute Gasteiger partial charge is 0.254 e. The van der Waals surface area contributed by atoms with Crippen LogP contribution in [0.2, 0.25) is 0 Å². The zero-order valence-corrected chi connectivity index (χ0v) is 12.9. The zero-order chi connectivity index (χ0) is 15.8. The molecule has 0 aliphatic carbocycles. The van der Waals surface area contributed by atoms with E-state index in [0.29, 0.717) is 28.4 Å². The third-order valence-corrected chi connectivity index (χ3v) is 3.28. The molecule has 0 spiro atoms. The van der Waals surface area contributed by atoms with E-state index in [1.165, 1.54) is 25.3 Å². The van der Waals surface area contributed by atoms with Crippen molar-refractivity contribution in [1.29, 1.82) is 0 Å². The van der Waals surface area contributed by atoms with E-state index in [-0.39, 0.29) is 11.0 Å². The van der Waals surface area contributed by atoms with E-state index in [1.807, 2.05) is 20.8 Å². The molecule has 0 fully saturated rings. The predicted molar refractivity (Wildman–Crippen MR) is 80.2 cm³/mol. The summed E-state index contributed by atoms with van der Waals surface area (Å²) in [5.74, 6) is 0.640. The van der Waals surface area contributed by atoms with Crippen molar-refractivity contribution in [2.45, 2.75) is 33.1 Å². The molecule has 5 heteroatoms. The number of halogens is 1. The van der Waals surface area contributed by atoms with Gasteiger partial charge in [0.05, 0.1) is 12.8 Å². The van der Waals surface area contributed by atoms with Crippen LogP contribution in [0.3, 0.4) is 0 Å². The van der Waals surface area contributed by atoms with Gasteiger partial charge < -0.3 is 9.72 Å². The van der Waals surface area contributed by atoms with Crippen molar-refractivity contribution in [1.82, 2.24) is 9.97 Å². The van der Waals surface area contributed by atoms with Crippen LogP contribution in [0.25, 0.3) is 11.3 Å². The summed E-state index contributed by atoms with van der Waals surface area (Å²) in [5.41, 5.74) is 0.817. The molecule has 0 saturated heterocycles. The molecule has 1 N–H and O–H groups in total. The summed E-state index contributed by atoms with van der Waals surface area (Å²) in [6, 6.07) is 4.18. The van der Waals surface area contributed by atoms with Crippen LogP contribution >= 0.6 is 0 Å². The fourth-order valence-electron chi connectivity index (χ4n) is 2.02. The van der Waals surface area contributed by atoms with Gasteiger partial charge >= 0.3 is 0 Å². The van der Waals surface area contributed by atoms with Gasteiger partial charge in [0.15, 0.2) is 0 Å². The Hall–Kier alpha value is -2.17. The number of ether oxygens (including phenoxy) is 1. The lowest BCUT2D eigenvalue weighted by Crippen LogP contribution is -2.24. The molecule has 4 nitrogen and oxygen atoms in total. The lowest BCUT2D eigenvalue weighted by molar-refractivity contribution is 0.415. The SMILES string of the molecule is COc1ccc(F)cc1-c1nc(C(C)(C)C)[nH]c(=O)c1C. The van der Waals surface area contributed by atoms with Crippen LogP contribution in [0.4, 0.5) is 4.39 Å². The second-order valence-corrected chi connectivity index (χ2v) is 5.98. The average Bonchev–Trinajstić information content (AvgIpc) is 2.40. The lowest BCUT2D eigenvalue weighted by atomic mass is 9.95. The molecule has 2 rings (SSSR count). The number of H-pyrrole nitrogens is 1. The van der Waals surface area contributed by atoms with Crippen molar-refractivity contribution >= 4 is 0 Å². The van der Waals surface area contributed by atoms with Gasteiger partial charge in [-0.15, -0.1) is 0 Å². The van der Waals surface area contributed by atoms with Gasteiger partial charge in [-0.25, -0.2) is 9.37 Å². The molecule has 0 unspecified atom stereocenters. The predicted octanol–water partition coefficient (Wildman–Crippen LogP) is 3.19. The van der Waals surface area contributed by atoms with Gasteiger partial charge in [0.25, 0.3) is 5.56 Å². The van der Waals surface area contributed by atoms with E-state index in [1.54, 1.807) is 6.92 Å². The van der Waals surface area contributed by atoms with E-state index in [2.05, 4.69) is 9.97 Å². The quantitative estimate of drug-likeness (QED) is 0.924. The van der Waals surface area contributed by atoms with Gasteiger partial charge in [0.2, 0.25) is 0 Å². The third-order valence-electron chi connectivity index (χ3n) is 3.28. The average molecular weight is 290 g/mol. The zero-order valence-electron chi connectivity index (χ0n) is 12.9. The van der Waals surface area contributed by atoms with Gasteiger partial charge in [-0.1, -0.05) is 20.8 Å². The van der Waals surface area contributed by atoms with Gasteiger partial charge in [-0.2, -0.15) is 0 Å². The summed E-state index contributed by atoms with van der Waals surface area (Å²) in [7, 11) is 1.50. The summed E-state index contributed by atoms with van der Waals surface area (Å²) in [5, 5.41) is 0. The molecule has 2 aromatic rings. The summed E-state index contributed by atoms with van der Waals surface area (Å²) < 4.78 is 18.8. The molecule has 1 aromatic carbocycles. The monoisotopic (exact) mass is 290 g/mol. The number of aromatic amines is 1. The number of benzene rings is 1. The molecular formula is C16H19FN2O2. The number of hydrogen-bond donors (Lipinski definition) is 1. The molecule has 0 aliphatic rings. The van der Waals surface area contributed by atoms with Crippen LogP contribution in [0.15, 0.2) is 23.0 Å². The van der Waals surface area contributed by atoms with Crippen LogP contribution in [0, 0.1) is 12.7 Å². The minimum Gasteiger partial charge on any atom is -0.496 e. The molecule has 112 valence electrons. The molecule has 0 aliphatic heterocycles. The first kappa shape index (κ1) is 15.2. The first-order valence-electron chi connectivity index (χ1n) is 6.69. The number of rotatable bonds is 2. The fourth-order valence-corrected chi connectivity index (χ4v) is 2.02. The summed E-state index contributed by atoms with van der Waals surface area (Å²) in [6.07, 6.45) is 0. The van der Waals surface area contributed by atoms with Crippen LogP contribution in [-0.2, 0) is 5.41 Å². The maximum atomic E-state index is 13.6. The number of methoxy groups -OCH3 is 1. The largest absolute Gasteiger partial charge is 0.496 e. The summed E-state index contributed by atoms with van der Waals surface area (Å²) in [4.78, 5) is 19.4. The standard InChI is InChI=1S/C16H19FN2O2/c1-9-13(11-8-10(17)6-7-12(11)21-5)18-15(16(2,3)4)19-14(9)20/h6-8H,1-5H3,(H,18,19,20). The number of aromatic nitrogens is 2. The first-order valence-corrected chi connectivity index (χ1v) is 6.69. The minimum absolute atomic E-state index is 0.226. The molecule has 1 aromatic heterocycles. The Morgan fingerprint density at radius 1 is 1.29 bits per heavy atom. The van der Waals surface area contributed by atoms with E-state index in [0.717, 1.165) is 0 Å². The summed E-state index contributed by atoms with van der Waals surface area (Å²) >= 11 is 0. The minimum atomic E-state index is -0.399. The van der Waals surface area contributed by atoms with Gasteiger partial charge in [0, 0.05) is 16.5 Å². The van der Waals surface area contributed by atoms with Crippen molar-refractivity contribution in [2.75, 3.05) is 7.11 Å². The van der Waals surface area contributed by atoms with Crippen molar-refractivity contribution in [2.24, 2.45) is 0 Å². The molecular weight excluding hydrogens is 271 g/mol. The van der Waals surface area contributed by atoms with Crippen molar-refractivity contribution < 1.29 is 9.13 Å². The van der Waals surface area contributed by atoms with Crippen LogP contribution in [-0.4, -0.2) is 17.1 Å². The number of hydrogen-bond acceptors (Lipinski definition) is 3. The highest BCUT2D eigenvalue weighted by Crippen LogP contribution is 2.31.